The molecule has 0 amide bonds. The van der Waals surface area contributed by atoms with Gasteiger partial charge in [-0.05, 0) is 32.7 Å². The zero-order valence-corrected chi connectivity index (χ0v) is 11.5. The molecule has 0 saturated carbocycles. The summed E-state index contributed by atoms with van der Waals surface area (Å²) in [5.74, 6) is 1.19. The Bertz CT molecular complexity index is 388. The number of nitrogens with one attached hydrogen (secondary N) is 1. The predicted molar refractivity (Wildman–Crippen MR) is 72.5 cm³/mol. The molecule has 0 aliphatic carbocycles. The highest BCUT2D eigenvalue weighted by molar-refractivity contribution is 4.96. The van der Waals surface area contributed by atoms with Crippen molar-refractivity contribution in [3.05, 3.63) is 18.2 Å². The van der Waals surface area contributed by atoms with Gasteiger partial charge in [-0.2, -0.15) is 0 Å². The Morgan fingerprint density at radius 1 is 1.39 bits per heavy atom. The van der Waals surface area contributed by atoms with E-state index < -0.39 is 0 Å². The van der Waals surface area contributed by atoms with Crippen LogP contribution in [0.3, 0.4) is 0 Å². The van der Waals surface area contributed by atoms with E-state index >= 15 is 0 Å². The van der Waals surface area contributed by atoms with Gasteiger partial charge in [-0.25, -0.2) is 4.98 Å². The predicted octanol–water partition coefficient (Wildman–Crippen LogP) is 1.18. The molecular weight excluding hydrogens is 224 g/mol. The molecule has 2 fully saturated rings. The van der Waals surface area contributed by atoms with Gasteiger partial charge in [0.1, 0.15) is 5.82 Å². The maximum Gasteiger partial charge on any atom is 0.109 e. The van der Waals surface area contributed by atoms with Crippen LogP contribution in [-0.2, 0) is 13.5 Å². The van der Waals surface area contributed by atoms with Crippen molar-refractivity contribution in [2.75, 3.05) is 13.6 Å². The molecule has 0 radical (unpaired) electrons. The van der Waals surface area contributed by atoms with E-state index in [1.807, 2.05) is 12.4 Å². The molecule has 2 saturated heterocycles. The SMILES string of the molecule is CN(CCc1nccn1C)C1CC2CCC(C1)N2. The summed E-state index contributed by atoms with van der Waals surface area (Å²) >= 11 is 0. The maximum absolute atomic E-state index is 4.40. The van der Waals surface area contributed by atoms with Gasteiger partial charge in [-0.15, -0.1) is 0 Å². The van der Waals surface area contributed by atoms with Crippen molar-refractivity contribution in [1.29, 1.82) is 0 Å². The van der Waals surface area contributed by atoms with E-state index in [1.165, 1.54) is 31.5 Å². The fourth-order valence-corrected chi connectivity index (χ4v) is 3.48. The van der Waals surface area contributed by atoms with Gasteiger partial charge in [-0.1, -0.05) is 0 Å². The van der Waals surface area contributed by atoms with Gasteiger partial charge in [-0.3, -0.25) is 0 Å². The van der Waals surface area contributed by atoms with Crippen LogP contribution in [0, 0.1) is 0 Å². The van der Waals surface area contributed by atoms with Gasteiger partial charge in [0.05, 0.1) is 0 Å². The highest BCUT2D eigenvalue weighted by atomic mass is 15.2. The van der Waals surface area contributed by atoms with E-state index in [0.29, 0.717) is 0 Å². The first-order valence-corrected chi connectivity index (χ1v) is 7.15. The summed E-state index contributed by atoms with van der Waals surface area (Å²) in [4.78, 5) is 6.94. The van der Waals surface area contributed by atoms with Crippen LogP contribution in [0.4, 0.5) is 0 Å². The van der Waals surface area contributed by atoms with Crippen molar-refractivity contribution >= 4 is 0 Å². The standard InChI is InChI=1S/C14H24N4/c1-17(7-5-14-15-6-8-18(14)2)13-9-11-3-4-12(10-13)16-11/h6,8,11-13,16H,3-5,7,9-10H2,1-2H3. The molecular formula is C14H24N4. The molecule has 4 heteroatoms. The third kappa shape index (κ3) is 2.45. The van der Waals surface area contributed by atoms with Crippen LogP contribution in [0.25, 0.3) is 0 Å². The van der Waals surface area contributed by atoms with E-state index in [2.05, 4.69) is 33.9 Å². The molecule has 1 aromatic rings. The smallest absolute Gasteiger partial charge is 0.109 e. The number of aryl methyl sites for hydroxylation is 1. The summed E-state index contributed by atoms with van der Waals surface area (Å²) in [7, 11) is 4.35. The zero-order valence-electron chi connectivity index (χ0n) is 11.5. The van der Waals surface area contributed by atoms with Crippen LogP contribution >= 0.6 is 0 Å². The molecule has 18 heavy (non-hydrogen) atoms. The second-order valence-corrected chi connectivity index (χ2v) is 5.95. The molecule has 100 valence electrons. The molecule has 1 N–H and O–H groups in total. The number of imidazole rings is 1. The normalized spacial score (nSPS) is 31.2. The first-order valence-electron chi connectivity index (χ1n) is 7.15. The monoisotopic (exact) mass is 248 g/mol. The Hall–Kier alpha value is -0.870. The fourth-order valence-electron chi connectivity index (χ4n) is 3.48. The van der Waals surface area contributed by atoms with Crippen LogP contribution in [0.1, 0.15) is 31.5 Å². The van der Waals surface area contributed by atoms with Crippen molar-refractivity contribution in [2.45, 2.75) is 50.2 Å². The van der Waals surface area contributed by atoms with Gasteiger partial charge >= 0.3 is 0 Å². The highest BCUT2D eigenvalue weighted by Crippen LogP contribution is 2.29. The summed E-state index contributed by atoms with van der Waals surface area (Å²) in [5, 5.41) is 3.71. The topological polar surface area (TPSA) is 33.1 Å². The summed E-state index contributed by atoms with van der Waals surface area (Å²) in [6.07, 6.45) is 10.4. The van der Waals surface area contributed by atoms with E-state index in [-0.39, 0.29) is 0 Å². The lowest BCUT2D eigenvalue weighted by Crippen LogP contribution is -2.47. The maximum atomic E-state index is 4.40. The molecule has 2 unspecified atom stereocenters. The van der Waals surface area contributed by atoms with Crippen LogP contribution < -0.4 is 5.32 Å². The number of aromatic nitrogens is 2. The lowest BCUT2D eigenvalue weighted by atomic mass is 9.98. The van der Waals surface area contributed by atoms with Gasteiger partial charge in [0.15, 0.2) is 0 Å². The van der Waals surface area contributed by atoms with E-state index in [9.17, 15) is 0 Å². The fraction of sp³-hybridized carbons (Fsp3) is 0.786. The molecule has 2 aliphatic heterocycles. The van der Waals surface area contributed by atoms with Crippen molar-refractivity contribution in [1.82, 2.24) is 19.8 Å². The summed E-state index contributed by atoms with van der Waals surface area (Å²) in [6.45, 7) is 1.12. The number of fused-ring (bicyclic) bond motifs is 2. The zero-order chi connectivity index (χ0) is 12.5. The van der Waals surface area contributed by atoms with Gasteiger partial charge in [0.25, 0.3) is 0 Å². The third-order valence-corrected chi connectivity index (χ3v) is 4.68. The van der Waals surface area contributed by atoms with E-state index in [4.69, 9.17) is 0 Å². The number of piperidine rings is 1. The van der Waals surface area contributed by atoms with E-state index in [0.717, 1.165) is 31.1 Å². The molecule has 3 rings (SSSR count). The Labute approximate surface area is 109 Å². The van der Waals surface area contributed by atoms with Crippen LogP contribution in [0.5, 0.6) is 0 Å². The Balaban J connectivity index is 1.52. The molecule has 4 nitrogen and oxygen atoms in total. The summed E-state index contributed by atoms with van der Waals surface area (Å²) in [6, 6.07) is 2.33. The lowest BCUT2D eigenvalue weighted by molar-refractivity contribution is 0.173. The second-order valence-electron chi connectivity index (χ2n) is 5.95. The van der Waals surface area contributed by atoms with Crippen LogP contribution in [0.15, 0.2) is 12.4 Å². The minimum Gasteiger partial charge on any atom is -0.338 e. The number of nitrogens with zero attached hydrogens (tertiary/aromatic N) is 3. The van der Waals surface area contributed by atoms with Gasteiger partial charge in [0, 0.05) is 50.5 Å². The number of rotatable bonds is 4. The Morgan fingerprint density at radius 2 is 2.11 bits per heavy atom. The van der Waals surface area contributed by atoms with Crippen molar-refractivity contribution in [3.8, 4) is 0 Å². The molecule has 2 atom stereocenters. The van der Waals surface area contributed by atoms with Crippen molar-refractivity contribution in [2.24, 2.45) is 7.05 Å². The largest absolute Gasteiger partial charge is 0.338 e. The quantitative estimate of drug-likeness (QED) is 0.868. The second kappa shape index (κ2) is 5.02. The Kier molecular flexibility index (Phi) is 3.39. The summed E-state index contributed by atoms with van der Waals surface area (Å²) in [5.41, 5.74) is 0. The minimum absolute atomic E-state index is 0.768. The van der Waals surface area contributed by atoms with Crippen molar-refractivity contribution < 1.29 is 0 Å². The van der Waals surface area contributed by atoms with Gasteiger partial charge in [0.2, 0.25) is 0 Å². The minimum atomic E-state index is 0.768. The molecule has 0 aromatic carbocycles. The third-order valence-electron chi connectivity index (χ3n) is 4.68. The summed E-state index contributed by atoms with van der Waals surface area (Å²) < 4.78 is 2.12. The average molecular weight is 248 g/mol. The first kappa shape index (κ1) is 12.2. The average Bonchev–Trinajstić information content (AvgIpc) is 2.92. The van der Waals surface area contributed by atoms with E-state index in [1.54, 1.807) is 0 Å². The molecule has 1 aromatic heterocycles. The number of hydrogen-bond donors (Lipinski definition) is 1. The van der Waals surface area contributed by atoms with Crippen LogP contribution in [0.2, 0.25) is 0 Å². The lowest BCUT2D eigenvalue weighted by Gasteiger charge is -2.35. The molecule has 0 spiro atoms. The number of hydrogen-bond acceptors (Lipinski definition) is 3. The Morgan fingerprint density at radius 3 is 2.72 bits per heavy atom. The number of likely N-dealkylation sites (N-methyl/N-ethyl adjacent to an activating group) is 1. The first-order chi connectivity index (χ1) is 8.72. The molecule has 2 bridgehead atoms. The van der Waals surface area contributed by atoms with Crippen molar-refractivity contribution in [3.63, 3.8) is 0 Å². The van der Waals surface area contributed by atoms with Gasteiger partial charge < -0.3 is 14.8 Å². The molecule has 2 aliphatic rings. The van der Waals surface area contributed by atoms with Crippen LogP contribution in [-0.4, -0.2) is 46.2 Å². The highest BCUT2D eigenvalue weighted by Gasteiger charge is 2.34. The molecule has 3 heterocycles.